The first-order chi connectivity index (χ1) is 9.00. The molecule has 0 aliphatic rings. The Morgan fingerprint density at radius 3 is 2.62 bits per heavy atom. The molecule has 0 bridgehead atoms. The fraction of sp³-hybridized carbons (Fsp3) is 0.0769. The number of nitrogen functional groups attached to an aromatic ring is 1. The lowest BCUT2D eigenvalue weighted by Gasteiger charge is -2.03. The molecule has 0 aliphatic carbocycles. The number of carboxylic acids is 1. The summed E-state index contributed by atoms with van der Waals surface area (Å²) in [5.41, 5.74) is 6.74. The van der Waals surface area contributed by atoms with Crippen molar-refractivity contribution in [3.8, 4) is 0 Å². The molecule has 0 unspecified atom stereocenters. The summed E-state index contributed by atoms with van der Waals surface area (Å²) in [6, 6.07) is 5.27. The van der Waals surface area contributed by atoms with Crippen molar-refractivity contribution in [3.63, 3.8) is 0 Å². The van der Waals surface area contributed by atoms with Crippen LogP contribution in [0.3, 0.4) is 0 Å². The molecule has 2 heterocycles. The number of carbonyl (C=O) groups is 1. The number of nitrogens with two attached hydrogens (primary N) is 1. The average molecular weight is 349 g/mol. The second-order valence-corrected chi connectivity index (χ2v) is 4.70. The summed E-state index contributed by atoms with van der Waals surface area (Å²) in [4.78, 5) is 15.3. The quantitative estimate of drug-likeness (QED) is 0.659. The van der Waals surface area contributed by atoms with Gasteiger partial charge in [-0.05, 0) is 6.07 Å². The van der Waals surface area contributed by atoms with Gasteiger partial charge in [0.2, 0.25) is 0 Å². The number of halogens is 3. The summed E-state index contributed by atoms with van der Waals surface area (Å²) in [6.45, 7) is 0. The highest BCUT2D eigenvalue weighted by Crippen LogP contribution is 2.33. The second-order valence-electron chi connectivity index (χ2n) is 4.31. The van der Waals surface area contributed by atoms with Crippen LogP contribution in [-0.2, 0) is 7.05 Å². The molecule has 0 aliphatic heterocycles. The molecule has 8 heteroatoms. The lowest BCUT2D eigenvalue weighted by atomic mass is 10.1. The molecule has 0 atom stereocenters. The maximum absolute atomic E-state index is 11.3. The molecule has 21 heavy (non-hydrogen) atoms. The van der Waals surface area contributed by atoms with Gasteiger partial charge in [-0.25, -0.2) is 9.78 Å². The predicted octanol–water partition coefficient (Wildman–Crippen LogP) is 3.50. The number of aryl methyl sites for hydroxylation is 1. The van der Waals surface area contributed by atoms with Crippen molar-refractivity contribution in [2.75, 3.05) is 5.73 Å². The van der Waals surface area contributed by atoms with E-state index in [1.54, 1.807) is 29.9 Å². The molecule has 5 nitrogen and oxygen atoms in total. The van der Waals surface area contributed by atoms with E-state index in [2.05, 4.69) is 4.98 Å². The molecule has 3 N–H and O–H groups in total. The fourth-order valence-corrected chi connectivity index (χ4v) is 2.55. The number of pyridine rings is 1. The van der Waals surface area contributed by atoms with Crippen molar-refractivity contribution in [2.24, 2.45) is 7.05 Å². The third kappa shape index (κ3) is 2.48. The van der Waals surface area contributed by atoms with Crippen molar-refractivity contribution in [1.82, 2.24) is 9.55 Å². The second kappa shape index (κ2) is 5.97. The van der Waals surface area contributed by atoms with Crippen molar-refractivity contribution in [1.29, 1.82) is 0 Å². The molecule has 0 amide bonds. The summed E-state index contributed by atoms with van der Waals surface area (Å²) >= 11 is 5.91. The van der Waals surface area contributed by atoms with Crippen molar-refractivity contribution in [3.05, 3.63) is 35.1 Å². The number of hydrogen-bond donors (Lipinski definition) is 2. The third-order valence-corrected chi connectivity index (χ3v) is 3.48. The maximum atomic E-state index is 11.3. The molecule has 0 radical (unpaired) electrons. The van der Waals surface area contributed by atoms with Gasteiger partial charge < -0.3 is 15.4 Å². The first-order valence-corrected chi connectivity index (χ1v) is 5.94. The number of carboxylic acid groups (broad SMARTS) is 1. The zero-order valence-electron chi connectivity index (χ0n) is 10.8. The van der Waals surface area contributed by atoms with Crippen LogP contribution < -0.4 is 5.73 Å². The number of aromatic nitrogens is 2. The lowest BCUT2D eigenvalue weighted by Crippen LogP contribution is -2.03. The van der Waals surface area contributed by atoms with Crippen LogP contribution in [0.5, 0.6) is 0 Å². The van der Waals surface area contributed by atoms with Gasteiger partial charge >= 0.3 is 5.97 Å². The Balaban J connectivity index is 0.00000110. The molecular weight excluding hydrogens is 337 g/mol. The van der Waals surface area contributed by atoms with Crippen LogP contribution in [-0.4, -0.2) is 20.6 Å². The van der Waals surface area contributed by atoms with Gasteiger partial charge in [0.25, 0.3) is 0 Å². The van der Waals surface area contributed by atoms with E-state index in [0.29, 0.717) is 10.5 Å². The summed E-state index contributed by atoms with van der Waals surface area (Å²) < 4.78 is 1.66. The van der Waals surface area contributed by atoms with E-state index < -0.39 is 5.97 Å². The highest BCUT2D eigenvalue weighted by atomic mass is 35.5. The molecule has 112 valence electrons. The molecular formula is C13H12Cl3N3O2. The van der Waals surface area contributed by atoms with E-state index in [1.165, 1.54) is 0 Å². The van der Waals surface area contributed by atoms with Crippen molar-refractivity contribution >= 4 is 69.9 Å². The van der Waals surface area contributed by atoms with Crippen LogP contribution in [0.2, 0.25) is 5.15 Å². The average Bonchev–Trinajstić information content (AvgIpc) is 2.62. The smallest absolute Gasteiger partial charge is 0.340 e. The predicted molar refractivity (Wildman–Crippen MR) is 89.1 cm³/mol. The van der Waals surface area contributed by atoms with Crippen LogP contribution in [0.15, 0.2) is 24.4 Å². The summed E-state index contributed by atoms with van der Waals surface area (Å²) in [5, 5.41) is 11.9. The van der Waals surface area contributed by atoms with Crippen LogP contribution in [0.4, 0.5) is 5.82 Å². The van der Waals surface area contributed by atoms with Crippen molar-refractivity contribution < 1.29 is 9.90 Å². The van der Waals surface area contributed by atoms with Gasteiger partial charge in [-0.3, -0.25) is 0 Å². The Labute approximate surface area is 137 Å². The van der Waals surface area contributed by atoms with E-state index in [0.717, 1.165) is 16.3 Å². The van der Waals surface area contributed by atoms with E-state index >= 15 is 0 Å². The van der Waals surface area contributed by atoms with Crippen LogP contribution in [0.25, 0.3) is 21.7 Å². The lowest BCUT2D eigenvalue weighted by molar-refractivity contribution is 0.0700. The summed E-state index contributed by atoms with van der Waals surface area (Å²) in [7, 11) is 1.73. The minimum atomic E-state index is -1.04. The van der Waals surface area contributed by atoms with Crippen molar-refractivity contribution in [2.45, 2.75) is 0 Å². The molecule has 0 saturated heterocycles. The molecule has 0 spiro atoms. The monoisotopic (exact) mass is 347 g/mol. The Hall–Kier alpha value is -1.69. The van der Waals surface area contributed by atoms with E-state index in [-0.39, 0.29) is 36.2 Å². The number of hydrogen-bond acceptors (Lipinski definition) is 3. The summed E-state index contributed by atoms with van der Waals surface area (Å²) in [6.07, 6.45) is 1.65. The molecule has 2 aromatic heterocycles. The summed E-state index contributed by atoms with van der Waals surface area (Å²) in [5.74, 6) is -0.814. The number of aromatic carboxylic acids is 1. The van der Waals surface area contributed by atoms with E-state index in [1.807, 2.05) is 6.07 Å². The Bertz CT molecular complexity index is 846. The number of rotatable bonds is 1. The number of benzene rings is 1. The Morgan fingerprint density at radius 2 is 2.00 bits per heavy atom. The molecule has 3 rings (SSSR count). The molecule has 0 saturated carbocycles. The normalized spacial score (nSPS) is 10.2. The minimum absolute atomic E-state index is 0. The van der Waals surface area contributed by atoms with E-state index in [9.17, 15) is 9.90 Å². The van der Waals surface area contributed by atoms with Crippen LogP contribution >= 0.6 is 36.4 Å². The van der Waals surface area contributed by atoms with E-state index in [4.69, 9.17) is 17.3 Å². The zero-order valence-corrected chi connectivity index (χ0v) is 13.2. The number of anilines is 1. The molecule has 0 fully saturated rings. The molecule has 3 aromatic rings. The number of fused-ring (bicyclic) bond motifs is 3. The maximum Gasteiger partial charge on any atom is 0.340 e. The standard InChI is InChI=1S/C13H10ClN3O2.2ClH/c1-17-11-7(10(12(17)15)13(18)19)3-2-6-5-16-9(14)4-8(6)11;;/h2-5H,15H2,1H3,(H,18,19);2*1H. The topological polar surface area (TPSA) is 81.1 Å². The van der Waals surface area contributed by atoms with Crippen LogP contribution in [0.1, 0.15) is 10.4 Å². The zero-order chi connectivity index (χ0) is 13.7. The van der Waals surface area contributed by atoms with Gasteiger partial charge in [0.05, 0.1) is 5.52 Å². The van der Waals surface area contributed by atoms with Crippen LogP contribution in [0, 0.1) is 0 Å². The van der Waals surface area contributed by atoms with Gasteiger partial charge in [-0.1, -0.05) is 23.7 Å². The first kappa shape index (κ1) is 17.4. The number of nitrogens with zero attached hydrogens (tertiary/aromatic N) is 2. The third-order valence-electron chi connectivity index (χ3n) is 3.28. The largest absolute Gasteiger partial charge is 0.478 e. The first-order valence-electron chi connectivity index (χ1n) is 5.56. The highest BCUT2D eigenvalue weighted by molar-refractivity contribution is 6.30. The van der Waals surface area contributed by atoms with Gasteiger partial charge in [-0.15, -0.1) is 24.8 Å². The Morgan fingerprint density at radius 1 is 1.33 bits per heavy atom. The van der Waals surface area contributed by atoms with Gasteiger partial charge in [0, 0.05) is 29.4 Å². The highest BCUT2D eigenvalue weighted by Gasteiger charge is 2.20. The fourth-order valence-electron chi connectivity index (χ4n) is 2.39. The Kier molecular flexibility index (Phi) is 4.94. The minimum Gasteiger partial charge on any atom is -0.478 e. The SMILES string of the molecule is Cl.Cl.Cn1c(N)c(C(=O)O)c2ccc3cnc(Cl)cc3c21. The molecule has 1 aromatic carbocycles. The van der Waals surface area contributed by atoms with Gasteiger partial charge in [0.1, 0.15) is 16.5 Å². The van der Waals surface area contributed by atoms with Gasteiger partial charge in [0.15, 0.2) is 0 Å². The van der Waals surface area contributed by atoms with Gasteiger partial charge in [-0.2, -0.15) is 0 Å².